The molecule has 0 spiro atoms. The summed E-state index contributed by atoms with van der Waals surface area (Å²) in [6.07, 6.45) is 13.6. The predicted molar refractivity (Wildman–Crippen MR) is 59.3 cm³/mol. The molecule has 0 aromatic carbocycles. The van der Waals surface area contributed by atoms with Gasteiger partial charge < -0.3 is 0 Å². The molecule has 0 amide bonds. The molecule has 0 bridgehead atoms. The van der Waals surface area contributed by atoms with E-state index in [9.17, 15) is 0 Å². The normalized spacial score (nSPS) is 40.3. The molecule has 2 aliphatic carbocycles. The fraction of sp³-hybridized carbons (Fsp3) is 1.00. The van der Waals surface area contributed by atoms with Crippen LogP contribution >= 0.6 is 0 Å². The maximum Gasteiger partial charge on any atom is 0.0139 e. The van der Waals surface area contributed by atoms with E-state index in [1.54, 1.807) is 0 Å². The van der Waals surface area contributed by atoms with E-state index >= 15 is 0 Å². The van der Waals surface area contributed by atoms with Gasteiger partial charge in [0.25, 0.3) is 0 Å². The summed E-state index contributed by atoms with van der Waals surface area (Å²) in [5.74, 6) is 1.10. The number of rotatable bonds is 1. The zero-order chi connectivity index (χ0) is 9.38. The Morgan fingerprint density at radius 3 is 2.21 bits per heavy atom. The Hall–Kier alpha value is -0.0400. The van der Waals surface area contributed by atoms with E-state index in [4.69, 9.17) is 0 Å². The Labute approximate surface area is 87.9 Å². The van der Waals surface area contributed by atoms with Gasteiger partial charge in [0, 0.05) is 18.6 Å². The van der Waals surface area contributed by atoms with Crippen LogP contribution in [0.25, 0.3) is 0 Å². The molecule has 80 valence electrons. The molecule has 1 saturated heterocycles. The first-order valence-corrected chi connectivity index (χ1v) is 6.71. The summed E-state index contributed by atoms with van der Waals surface area (Å²) in [4.78, 5) is 2.86. The second-order valence-electron chi connectivity index (χ2n) is 5.60. The summed E-state index contributed by atoms with van der Waals surface area (Å²) in [7, 11) is 0. The Morgan fingerprint density at radius 2 is 1.43 bits per heavy atom. The number of fused-ring (bicyclic) bond motifs is 1. The third-order valence-corrected chi connectivity index (χ3v) is 4.78. The molecule has 2 atom stereocenters. The van der Waals surface area contributed by atoms with Gasteiger partial charge in [-0.25, -0.2) is 0 Å². The molecule has 0 aromatic rings. The van der Waals surface area contributed by atoms with E-state index in [1.807, 2.05) is 0 Å². The van der Waals surface area contributed by atoms with Gasteiger partial charge in [-0.3, -0.25) is 4.90 Å². The molecule has 0 radical (unpaired) electrons. The van der Waals surface area contributed by atoms with Gasteiger partial charge in [-0.1, -0.05) is 32.1 Å². The third-order valence-electron chi connectivity index (χ3n) is 4.78. The summed E-state index contributed by atoms with van der Waals surface area (Å²) < 4.78 is 0. The highest BCUT2D eigenvalue weighted by atomic mass is 15.3. The van der Waals surface area contributed by atoms with E-state index in [0.717, 1.165) is 18.0 Å². The minimum Gasteiger partial charge on any atom is -0.297 e. The van der Waals surface area contributed by atoms with E-state index < -0.39 is 0 Å². The van der Waals surface area contributed by atoms with Crippen molar-refractivity contribution >= 4 is 0 Å². The van der Waals surface area contributed by atoms with Gasteiger partial charge in [0.15, 0.2) is 0 Å². The fourth-order valence-electron chi connectivity index (χ4n) is 3.94. The minimum absolute atomic E-state index is 0.989. The minimum atomic E-state index is 0.989. The number of hydrogen-bond acceptors (Lipinski definition) is 1. The van der Waals surface area contributed by atoms with Crippen molar-refractivity contribution in [2.45, 2.75) is 69.9 Å². The van der Waals surface area contributed by atoms with Crippen molar-refractivity contribution < 1.29 is 0 Å². The average molecular weight is 193 g/mol. The lowest BCUT2D eigenvalue weighted by molar-refractivity contribution is -0.0563. The third kappa shape index (κ3) is 1.50. The topological polar surface area (TPSA) is 3.24 Å². The molecule has 1 aliphatic heterocycles. The van der Waals surface area contributed by atoms with Crippen LogP contribution in [0.15, 0.2) is 0 Å². The van der Waals surface area contributed by atoms with Gasteiger partial charge in [-0.05, 0) is 31.6 Å². The number of hydrogen-bond donors (Lipinski definition) is 0. The van der Waals surface area contributed by atoms with Gasteiger partial charge in [0.1, 0.15) is 0 Å². The van der Waals surface area contributed by atoms with Gasteiger partial charge in [-0.2, -0.15) is 0 Å². The zero-order valence-electron chi connectivity index (χ0n) is 9.25. The van der Waals surface area contributed by atoms with Crippen molar-refractivity contribution in [1.82, 2.24) is 4.90 Å². The number of likely N-dealkylation sites (tertiary alicyclic amines) is 1. The van der Waals surface area contributed by atoms with Crippen molar-refractivity contribution in [2.24, 2.45) is 5.92 Å². The second-order valence-corrected chi connectivity index (χ2v) is 5.60. The molecule has 1 nitrogen and oxygen atoms in total. The molecular formula is C13H23N. The van der Waals surface area contributed by atoms with E-state index in [0.29, 0.717) is 0 Å². The Balaban J connectivity index is 1.58. The SMILES string of the molecule is C1CCC(N2C[C@H]3CCCC[C@@H]32)CC1. The monoisotopic (exact) mass is 193 g/mol. The lowest BCUT2D eigenvalue weighted by Gasteiger charge is -2.55. The van der Waals surface area contributed by atoms with Crippen molar-refractivity contribution in [3.05, 3.63) is 0 Å². The van der Waals surface area contributed by atoms with Crippen molar-refractivity contribution in [3.8, 4) is 0 Å². The first-order valence-electron chi connectivity index (χ1n) is 6.71. The average Bonchev–Trinajstić information content (AvgIpc) is 2.22. The lowest BCUT2D eigenvalue weighted by atomic mass is 9.74. The van der Waals surface area contributed by atoms with Crippen LogP contribution in [0, 0.1) is 5.92 Å². The highest BCUT2D eigenvalue weighted by Crippen LogP contribution is 2.40. The van der Waals surface area contributed by atoms with Crippen LogP contribution in [-0.4, -0.2) is 23.5 Å². The molecule has 3 rings (SSSR count). The summed E-state index contributed by atoms with van der Waals surface area (Å²) in [5, 5.41) is 0. The molecule has 3 aliphatic rings. The largest absolute Gasteiger partial charge is 0.297 e. The molecule has 0 aromatic heterocycles. The molecule has 0 unspecified atom stereocenters. The summed E-state index contributed by atoms with van der Waals surface area (Å²) >= 11 is 0. The zero-order valence-corrected chi connectivity index (χ0v) is 9.25. The molecule has 0 N–H and O–H groups in total. The molecule has 1 heteroatoms. The maximum absolute atomic E-state index is 2.86. The predicted octanol–water partition coefficient (Wildman–Crippen LogP) is 3.19. The molecule has 2 saturated carbocycles. The maximum atomic E-state index is 2.86. The molecule has 14 heavy (non-hydrogen) atoms. The van der Waals surface area contributed by atoms with Gasteiger partial charge in [-0.15, -0.1) is 0 Å². The van der Waals surface area contributed by atoms with Crippen molar-refractivity contribution in [1.29, 1.82) is 0 Å². The van der Waals surface area contributed by atoms with Crippen LogP contribution in [0.1, 0.15) is 57.8 Å². The summed E-state index contributed by atoms with van der Waals surface area (Å²) in [5.41, 5.74) is 0. The molecule has 1 heterocycles. The Bertz CT molecular complexity index is 188. The quantitative estimate of drug-likeness (QED) is 0.618. The Morgan fingerprint density at radius 1 is 0.714 bits per heavy atom. The van der Waals surface area contributed by atoms with Gasteiger partial charge in [0.05, 0.1) is 0 Å². The first-order chi connectivity index (χ1) is 6.95. The van der Waals surface area contributed by atoms with Crippen LogP contribution < -0.4 is 0 Å². The van der Waals surface area contributed by atoms with Crippen LogP contribution in [0.4, 0.5) is 0 Å². The Kier molecular flexibility index (Phi) is 2.53. The first kappa shape index (κ1) is 9.21. The summed E-state index contributed by atoms with van der Waals surface area (Å²) in [6.45, 7) is 1.45. The van der Waals surface area contributed by atoms with Crippen molar-refractivity contribution in [3.63, 3.8) is 0 Å². The lowest BCUT2D eigenvalue weighted by Crippen LogP contribution is -2.61. The highest BCUT2D eigenvalue weighted by Gasteiger charge is 2.43. The smallest absolute Gasteiger partial charge is 0.0139 e. The number of nitrogens with zero attached hydrogens (tertiary/aromatic N) is 1. The van der Waals surface area contributed by atoms with Crippen molar-refractivity contribution in [2.75, 3.05) is 6.54 Å². The van der Waals surface area contributed by atoms with Crippen LogP contribution in [0.5, 0.6) is 0 Å². The van der Waals surface area contributed by atoms with Crippen LogP contribution in [-0.2, 0) is 0 Å². The van der Waals surface area contributed by atoms with E-state index in [2.05, 4.69) is 4.90 Å². The van der Waals surface area contributed by atoms with Gasteiger partial charge >= 0.3 is 0 Å². The second kappa shape index (κ2) is 3.84. The standard InChI is InChI=1S/C13H23N/c1-2-7-12(8-3-1)14-10-11-6-4-5-9-13(11)14/h11-13H,1-10H2/t11-,13+/m1/s1. The summed E-state index contributed by atoms with van der Waals surface area (Å²) in [6, 6.07) is 2.01. The molecular weight excluding hydrogens is 170 g/mol. The van der Waals surface area contributed by atoms with E-state index in [-0.39, 0.29) is 0 Å². The fourth-order valence-corrected chi connectivity index (χ4v) is 3.94. The van der Waals surface area contributed by atoms with Crippen LogP contribution in [0.3, 0.4) is 0 Å². The van der Waals surface area contributed by atoms with Gasteiger partial charge in [0.2, 0.25) is 0 Å². The highest BCUT2D eigenvalue weighted by molar-refractivity contribution is 4.97. The van der Waals surface area contributed by atoms with Crippen LogP contribution in [0.2, 0.25) is 0 Å². The molecule has 3 fully saturated rings. The van der Waals surface area contributed by atoms with E-state index in [1.165, 1.54) is 64.3 Å².